The molecule has 0 aliphatic carbocycles. The van der Waals surface area contributed by atoms with Gasteiger partial charge in [0.05, 0.1) is 16.8 Å². The Morgan fingerprint density at radius 2 is 1.82 bits per heavy atom. The third-order valence-corrected chi connectivity index (χ3v) is 5.13. The van der Waals surface area contributed by atoms with Crippen molar-refractivity contribution < 1.29 is 8.42 Å². The normalized spacial score (nSPS) is 15.5. The fourth-order valence-corrected chi connectivity index (χ4v) is 3.60. The number of nitriles is 1. The van der Waals surface area contributed by atoms with Crippen LogP contribution in [0.4, 0.5) is 17.3 Å². The van der Waals surface area contributed by atoms with Gasteiger partial charge in [0.1, 0.15) is 17.3 Å². The van der Waals surface area contributed by atoms with E-state index in [0.717, 1.165) is 5.41 Å². The Labute approximate surface area is 164 Å². The van der Waals surface area contributed by atoms with Crippen LogP contribution < -0.4 is 15.6 Å². The average molecular weight is 405 g/mol. The zero-order valence-electron chi connectivity index (χ0n) is 16.7. The standard InChI is InChI=1S/C17H24N8O2S/c1-16(2,3)12-10(9-18)14(22-20-12)21-19-11-13(17(4,5)6)23-25-7-8-28(26,27)24-15(11)25/h7-8,19,24H,1-6H3,(H2,20,21,22). The second-order valence-electron chi connectivity index (χ2n) is 8.63. The van der Waals surface area contributed by atoms with Gasteiger partial charge < -0.3 is 0 Å². The molecule has 1 aliphatic heterocycles. The molecule has 4 N–H and O–H groups in total. The third-order valence-electron chi connectivity index (χ3n) is 4.18. The molecule has 0 bridgehead atoms. The fraction of sp³-hybridized carbons (Fsp3) is 0.471. The lowest BCUT2D eigenvalue weighted by atomic mass is 9.90. The predicted molar refractivity (Wildman–Crippen MR) is 108 cm³/mol. The molecule has 0 saturated heterocycles. The van der Waals surface area contributed by atoms with Crippen molar-refractivity contribution >= 4 is 33.5 Å². The molecule has 0 atom stereocenters. The van der Waals surface area contributed by atoms with Crippen molar-refractivity contribution in [3.05, 3.63) is 22.4 Å². The van der Waals surface area contributed by atoms with E-state index in [0.29, 0.717) is 28.5 Å². The first-order valence-corrected chi connectivity index (χ1v) is 10.2. The molecular formula is C17H24N8O2S. The van der Waals surface area contributed by atoms with E-state index in [9.17, 15) is 13.7 Å². The Hall–Kier alpha value is -3.00. The van der Waals surface area contributed by atoms with Gasteiger partial charge in [-0.2, -0.15) is 15.5 Å². The van der Waals surface area contributed by atoms with E-state index in [1.165, 1.54) is 10.9 Å². The van der Waals surface area contributed by atoms with Crippen molar-refractivity contribution in [3.63, 3.8) is 0 Å². The van der Waals surface area contributed by atoms with Crippen LogP contribution in [0.3, 0.4) is 0 Å². The van der Waals surface area contributed by atoms with Crippen molar-refractivity contribution in [3.8, 4) is 6.07 Å². The maximum Gasteiger partial charge on any atom is 0.257 e. The molecule has 0 radical (unpaired) electrons. The van der Waals surface area contributed by atoms with Gasteiger partial charge in [-0.15, -0.1) is 0 Å². The van der Waals surface area contributed by atoms with Gasteiger partial charge >= 0.3 is 0 Å². The third kappa shape index (κ3) is 3.55. The topological polar surface area (TPSA) is 141 Å². The monoisotopic (exact) mass is 404 g/mol. The Morgan fingerprint density at radius 3 is 2.39 bits per heavy atom. The Balaban J connectivity index is 2.00. The minimum atomic E-state index is -3.60. The van der Waals surface area contributed by atoms with Crippen molar-refractivity contribution in [1.29, 1.82) is 5.26 Å². The van der Waals surface area contributed by atoms with E-state index in [1.54, 1.807) is 0 Å². The van der Waals surface area contributed by atoms with E-state index >= 15 is 0 Å². The van der Waals surface area contributed by atoms with E-state index < -0.39 is 10.0 Å². The summed E-state index contributed by atoms with van der Waals surface area (Å²) < 4.78 is 27.9. The molecule has 0 spiro atoms. The molecule has 0 aromatic carbocycles. The molecule has 11 heteroatoms. The van der Waals surface area contributed by atoms with Crippen LogP contribution >= 0.6 is 0 Å². The Bertz CT molecular complexity index is 1090. The number of aromatic amines is 1. The zero-order valence-corrected chi connectivity index (χ0v) is 17.5. The number of hydrogen-bond acceptors (Lipinski definition) is 7. The first kappa shape index (κ1) is 19.8. The van der Waals surface area contributed by atoms with Crippen LogP contribution in [0.2, 0.25) is 0 Å². The lowest BCUT2D eigenvalue weighted by molar-refractivity contribution is 0.563. The smallest absolute Gasteiger partial charge is 0.257 e. The second kappa shape index (κ2) is 6.27. The van der Waals surface area contributed by atoms with Gasteiger partial charge in [0.15, 0.2) is 11.6 Å². The summed E-state index contributed by atoms with van der Waals surface area (Å²) in [6, 6.07) is 2.16. The number of hydrazine groups is 1. The van der Waals surface area contributed by atoms with Crippen LogP contribution in [0.15, 0.2) is 5.41 Å². The van der Waals surface area contributed by atoms with Crippen LogP contribution in [0, 0.1) is 11.3 Å². The fourth-order valence-electron chi connectivity index (χ4n) is 2.80. The predicted octanol–water partition coefficient (Wildman–Crippen LogP) is 2.70. The molecule has 10 nitrogen and oxygen atoms in total. The highest BCUT2D eigenvalue weighted by molar-refractivity contribution is 7.95. The molecule has 0 fully saturated rings. The minimum absolute atomic E-state index is 0.282. The maximum absolute atomic E-state index is 12.0. The van der Waals surface area contributed by atoms with Crippen LogP contribution in [0.5, 0.6) is 0 Å². The van der Waals surface area contributed by atoms with Gasteiger partial charge in [-0.05, 0) is 0 Å². The molecule has 28 heavy (non-hydrogen) atoms. The first-order valence-electron chi connectivity index (χ1n) is 8.68. The summed E-state index contributed by atoms with van der Waals surface area (Å²) in [5.41, 5.74) is 7.47. The van der Waals surface area contributed by atoms with E-state index in [-0.39, 0.29) is 16.6 Å². The van der Waals surface area contributed by atoms with Gasteiger partial charge in [0.25, 0.3) is 10.0 Å². The van der Waals surface area contributed by atoms with Crippen molar-refractivity contribution in [2.45, 2.75) is 52.4 Å². The van der Waals surface area contributed by atoms with Crippen molar-refractivity contribution in [2.75, 3.05) is 15.6 Å². The van der Waals surface area contributed by atoms with Gasteiger partial charge in [0, 0.05) is 17.0 Å². The van der Waals surface area contributed by atoms with Gasteiger partial charge in [0.2, 0.25) is 0 Å². The molecule has 1 aliphatic rings. The summed E-state index contributed by atoms with van der Waals surface area (Å²) in [7, 11) is -3.60. The van der Waals surface area contributed by atoms with Crippen LogP contribution in [-0.2, 0) is 20.9 Å². The molecule has 0 saturated carbocycles. The molecule has 150 valence electrons. The van der Waals surface area contributed by atoms with Gasteiger partial charge in [-0.1, -0.05) is 41.5 Å². The summed E-state index contributed by atoms with van der Waals surface area (Å²) in [5.74, 6) is 0.603. The summed E-state index contributed by atoms with van der Waals surface area (Å²) in [4.78, 5) is 0. The second-order valence-corrected chi connectivity index (χ2v) is 10.2. The summed E-state index contributed by atoms with van der Waals surface area (Å²) in [6.07, 6.45) is 1.38. The number of rotatable bonds is 3. The highest BCUT2D eigenvalue weighted by Gasteiger charge is 2.30. The lowest BCUT2D eigenvalue weighted by Crippen LogP contribution is -2.20. The summed E-state index contributed by atoms with van der Waals surface area (Å²) >= 11 is 0. The first-order chi connectivity index (χ1) is 12.8. The Kier molecular flexibility index (Phi) is 4.42. The summed E-state index contributed by atoms with van der Waals surface area (Å²) in [6.45, 7) is 11.8. The van der Waals surface area contributed by atoms with Gasteiger partial charge in [-0.25, -0.2) is 13.1 Å². The minimum Gasteiger partial charge on any atom is -0.294 e. The number of sulfonamides is 1. The largest absolute Gasteiger partial charge is 0.294 e. The molecule has 3 heterocycles. The number of aromatic nitrogens is 4. The van der Waals surface area contributed by atoms with Crippen LogP contribution in [-0.4, -0.2) is 28.4 Å². The van der Waals surface area contributed by atoms with E-state index in [1.807, 2.05) is 41.5 Å². The van der Waals surface area contributed by atoms with Crippen LogP contribution in [0.25, 0.3) is 6.20 Å². The van der Waals surface area contributed by atoms with Crippen molar-refractivity contribution in [1.82, 2.24) is 20.0 Å². The van der Waals surface area contributed by atoms with E-state index in [4.69, 9.17) is 0 Å². The highest BCUT2D eigenvalue weighted by Crippen LogP contribution is 2.37. The highest BCUT2D eigenvalue weighted by atomic mass is 32.2. The molecule has 2 aromatic rings. The number of anilines is 3. The molecule has 0 amide bonds. The van der Waals surface area contributed by atoms with Crippen LogP contribution in [0.1, 0.15) is 58.5 Å². The number of hydrogen-bond donors (Lipinski definition) is 4. The summed E-state index contributed by atoms with van der Waals surface area (Å²) in [5, 5.41) is 22.2. The lowest BCUT2D eigenvalue weighted by Gasteiger charge is -2.19. The zero-order chi connectivity index (χ0) is 20.9. The van der Waals surface area contributed by atoms with E-state index in [2.05, 4.69) is 36.9 Å². The van der Waals surface area contributed by atoms with Crippen molar-refractivity contribution in [2.24, 2.45) is 0 Å². The molecule has 3 rings (SSSR count). The number of nitrogens with zero attached hydrogens (tertiary/aromatic N) is 4. The maximum atomic E-state index is 12.0. The Morgan fingerprint density at radius 1 is 1.14 bits per heavy atom. The average Bonchev–Trinajstić information content (AvgIpc) is 3.11. The SMILES string of the molecule is CC(C)(C)c1nn2c(c1NNc1n[nH]c(C(C)(C)C)c1C#N)NS(=O)(=O)C=C2. The number of nitrogens with one attached hydrogen (secondary N) is 4. The number of fused-ring (bicyclic) bond motifs is 1. The van der Waals surface area contributed by atoms with Gasteiger partial charge in [-0.3, -0.25) is 20.7 Å². The molecule has 0 unspecified atom stereocenters. The number of H-pyrrole nitrogens is 1. The quantitative estimate of drug-likeness (QED) is 0.576. The molecule has 2 aromatic heterocycles. The molecular weight excluding hydrogens is 380 g/mol.